The van der Waals surface area contributed by atoms with Crippen molar-refractivity contribution in [3.05, 3.63) is 59.9 Å². The standard InChI is InChI=1S/C16H18N4O2/c1-12(14-7-2-3-8-15(14)21)19-20-16(22)18-11-9-13-6-4-5-10-17-13/h2-8,10,21H,9,11H2,1H3,(H2,18,20,22). The van der Waals surface area contributed by atoms with Gasteiger partial charge in [-0.2, -0.15) is 5.10 Å². The molecule has 0 bridgehead atoms. The van der Waals surface area contributed by atoms with Gasteiger partial charge < -0.3 is 10.4 Å². The van der Waals surface area contributed by atoms with E-state index in [9.17, 15) is 9.90 Å². The fourth-order valence-corrected chi connectivity index (χ4v) is 1.86. The minimum Gasteiger partial charge on any atom is -0.507 e. The van der Waals surface area contributed by atoms with Gasteiger partial charge in [-0.3, -0.25) is 4.98 Å². The number of aromatic hydroxyl groups is 1. The third-order valence-corrected chi connectivity index (χ3v) is 3.01. The van der Waals surface area contributed by atoms with Gasteiger partial charge in [0, 0.05) is 30.4 Å². The van der Waals surface area contributed by atoms with Gasteiger partial charge in [0.2, 0.25) is 0 Å². The molecule has 0 saturated carbocycles. The number of hydrogen-bond donors (Lipinski definition) is 3. The minimum atomic E-state index is -0.397. The van der Waals surface area contributed by atoms with Crippen molar-refractivity contribution < 1.29 is 9.90 Å². The number of hydrogen-bond acceptors (Lipinski definition) is 4. The van der Waals surface area contributed by atoms with Crippen LogP contribution in [0.3, 0.4) is 0 Å². The largest absolute Gasteiger partial charge is 0.507 e. The molecule has 2 aromatic rings. The molecule has 0 saturated heterocycles. The number of amides is 2. The predicted octanol–water partition coefficient (Wildman–Crippen LogP) is 2.05. The third kappa shape index (κ3) is 4.59. The minimum absolute atomic E-state index is 0.126. The maximum atomic E-state index is 11.6. The second kappa shape index (κ2) is 7.78. The highest BCUT2D eigenvalue weighted by molar-refractivity contribution is 6.01. The molecule has 22 heavy (non-hydrogen) atoms. The van der Waals surface area contributed by atoms with Crippen molar-refractivity contribution in [1.29, 1.82) is 0 Å². The third-order valence-electron chi connectivity index (χ3n) is 3.01. The van der Waals surface area contributed by atoms with Crippen molar-refractivity contribution in [1.82, 2.24) is 15.7 Å². The first-order valence-corrected chi connectivity index (χ1v) is 6.93. The number of aromatic nitrogens is 1. The Morgan fingerprint density at radius 2 is 2.00 bits per heavy atom. The number of phenols is 1. The Bertz CT molecular complexity index is 656. The van der Waals surface area contributed by atoms with E-state index in [1.54, 1.807) is 37.4 Å². The van der Waals surface area contributed by atoms with Crippen LogP contribution in [-0.4, -0.2) is 28.4 Å². The molecular weight excluding hydrogens is 280 g/mol. The highest BCUT2D eigenvalue weighted by Gasteiger charge is 2.04. The van der Waals surface area contributed by atoms with Crippen molar-refractivity contribution in [3.63, 3.8) is 0 Å². The molecular formula is C16H18N4O2. The summed E-state index contributed by atoms with van der Waals surface area (Å²) in [5.41, 5.74) is 4.42. The average Bonchev–Trinajstić information content (AvgIpc) is 2.54. The second-order valence-corrected chi connectivity index (χ2v) is 4.65. The summed E-state index contributed by atoms with van der Waals surface area (Å²) in [6.07, 6.45) is 2.37. The summed E-state index contributed by atoms with van der Waals surface area (Å²) >= 11 is 0. The van der Waals surface area contributed by atoms with E-state index in [0.717, 1.165) is 5.69 Å². The normalized spacial score (nSPS) is 11.0. The van der Waals surface area contributed by atoms with Gasteiger partial charge in [-0.05, 0) is 31.2 Å². The van der Waals surface area contributed by atoms with Crippen LogP contribution in [0.25, 0.3) is 0 Å². The highest BCUT2D eigenvalue weighted by atomic mass is 16.3. The smallest absolute Gasteiger partial charge is 0.335 e. The van der Waals surface area contributed by atoms with E-state index in [-0.39, 0.29) is 5.75 Å². The Labute approximate surface area is 128 Å². The Balaban J connectivity index is 1.80. The molecule has 0 unspecified atom stereocenters. The Morgan fingerprint density at radius 3 is 2.73 bits per heavy atom. The summed E-state index contributed by atoms with van der Waals surface area (Å²) in [4.78, 5) is 15.8. The quantitative estimate of drug-likeness (QED) is 0.583. The number of urea groups is 1. The van der Waals surface area contributed by atoms with Gasteiger partial charge in [0.1, 0.15) is 5.75 Å². The molecule has 3 N–H and O–H groups in total. The van der Waals surface area contributed by atoms with Crippen molar-refractivity contribution in [3.8, 4) is 5.75 Å². The lowest BCUT2D eigenvalue weighted by molar-refractivity contribution is 0.241. The SMILES string of the molecule is CC(=NNC(=O)NCCc1ccccn1)c1ccccc1O. The fourth-order valence-electron chi connectivity index (χ4n) is 1.86. The van der Waals surface area contributed by atoms with Crippen LogP contribution < -0.4 is 10.7 Å². The maximum Gasteiger partial charge on any atom is 0.335 e. The van der Waals surface area contributed by atoms with E-state index in [1.165, 1.54) is 0 Å². The first-order valence-electron chi connectivity index (χ1n) is 6.93. The van der Waals surface area contributed by atoms with Crippen LogP contribution in [0.2, 0.25) is 0 Å². The van der Waals surface area contributed by atoms with E-state index in [2.05, 4.69) is 20.8 Å². The van der Waals surface area contributed by atoms with Gasteiger partial charge in [-0.1, -0.05) is 18.2 Å². The van der Waals surface area contributed by atoms with Gasteiger partial charge in [0.25, 0.3) is 0 Å². The van der Waals surface area contributed by atoms with Gasteiger partial charge in [-0.15, -0.1) is 0 Å². The summed E-state index contributed by atoms with van der Waals surface area (Å²) < 4.78 is 0. The molecule has 114 valence electrons. The molecule has 0 aliphatic rings. The fraction of sp³-hybridized carbons (Fsp3) is 0.188. The zero-order valence-corrected chi connectivity index (χ0v) is 12.3. The summed E-state index contributed by atoms with van der Waals surface area (Å²) in [5, 5.41) is 16.4. The van der Waals surface area contributed by atoms with Gasteiger partial charge in [0.05, 0.1) is 5.71 Å². The maximum absolute atomic E-state index is 11.6. The summed E-state index contributed by atoms with van der Waals surface area (Å²) in [7, 11) is 0. The van der Waals surface area contributed by atoms with Crippen molar-refractivity contribution in [2.24, 2.45) is 5.10 Å². The van der Waals surface area contributed by atoms with Crippen LogP contribution in [0.4, 0.5) is 4.79 Å². The zero-order valence-electron chi connectivity index (χ0n) is 12.3. The van der Waals surface area contributed by atoms with Gasteiger partial charge >= 0.3 is 6.03 Å². The van der Waals surface area contributed by atoms with E-state index in [0.29, 0.717) is 24.2 Å². The first kappa shape index (κ1) is 15.5. The molecule has 6 heteroatoms. The molecule has 1 aromatic carbocycles. The molecule has 0 atom stereocenters. The molecule has 6 nitrogen and oxygen atoms in total. The van der Waals surface area contributed by atoms with Gasteiger partial charge in [-0.25, -0.2) is 10.2 Å². The second-order valence-electron chi connectivity index (χ2n) is 4.65. The number of para-hydroxylation sites is 1. The molecule has 2 amide bonds. The van der Waals surface area contributed by atoms with Crippen LogP contribution in [0, 0.1) is 0 Å². The van der Waals surface area contributed by atoms with Crippen molar-refractivity contribution >= 4 is 11.7 Å². The Hall–Kier alpha value is -2.89. The molecule has 0 spiro atoms. The Kier molecular flexibility index (Phi) is 5.48. The molecule has 1 aromatic heterocycles. The predicted molar refractivity (Wildman–Crippen MR) is 84.8 cm³/mol. The number of carbonyl (C=O) groups excluding carboxylic acids is 1. The van der Waals surface area contributed by atoms with Crippen molar-refractivity contribution in [2.45, 2.75) is 13.3 Å². The van der Waals surface area contributed by atoms with Crippen LogP contribution in [-0.2, 0) is 6.42 Å². The van der Waals surface area contributed by atoms with E-state index < -0.39 is 6.03 Å². The molecule has 0 aliphatic carbocycles. The van der Waals surface area contributed by atoms with Crippen LogP contribution >= 0.6 is 0 Å². The summed E-state index contributed by atoms with van der Waals surface area (Å²) in [6.45, 7) is 2.18. The lowest BCUT2D eigenvalue weighted by Crippen LogP contribution is -2.34. The number of carbonyl (C=O) groups is 1. The number of pyridine rings is 1. The number of nitrogens with zero attached hydrogens (tertiary/aromatic N) is 2. The number of phenolic OH excluding ortho intramolecular Hbond substituents is 1. The lowest BCUT2D eigenvalue weighted by atomic mass is 10.1. The highest BCUT2D eigenvalue weighted by Crippen LogP contribution is 2.15. The van der Waals surface area contributed by atoms with Crippen LogP contribution in [0.5, 0.6) is 5.75 Å². The van der Waals surface area contributed by atoms with Crippen molar-refractivity contribution in [2.75, 3.05) is 6.54 Å². The van der Waals surface area contributed by atoms with E-state index in [4.69, 9.17) is 0 Å². The molecule has 0 fully saturated rings. The Morgan fingerprint density at radius 1 is 1.23 bits per heavy atom. The van der Waals surface area contributed by atoms with Crippen LogP contribution in [0.15, 0.2) is 53.8 Å². The first-order chi connectivity index (χ1) is 10.7. The van der Waals surface area contributed by atoms with Gasteiger partial charge in [0.15, 0.2) is 0 Å². The van der Waals surface area contributed by atoms with E-state index >= 15 is 0 Å². The molecule has 0 radical (unpaired) electrons. The number of nitrogens with one attached hydrogen (secondary N) is 2. The number of rotatable bonds is 5. The van der Waals surface area contributed by atoms with E-state index in [1.807, 2.05) is 18.2 Å². The molecule has 1 heterocycles. The molecule has 2 rings (SSSR count). The average molecular weight is 298 g/mol. The summed E-state index contributed by atoms with van der Waals surface area (Å²) in [6, 6.07) is 12.1. The monoisotopic (exact) mass is 298 g/mol. The summed E-state index contributed by atoms with van der Waals surface area (Å²) in [5.74, 6) is 0.126. The molecule has 0 aliphatic heterocycles. The number of benzene rings is 1. The number of hydrazone groups is 1. The van der Waals surface area contributed by atoms with Crippen LogP contribution in [0.1, 0.15) is 18.2 Å². The zero-order chi connectivity index (χ0) is 15.8. The lowest BCUT2D eigenvalue weighted by Gasteiger charge is -2.06. The topological polar surface area (TPSA) is 86.6 Å².